The van der Waals surface area contributed by atoms with E-state index in [1.54, 1.807) is 0 Å². The van der Waals surface area contributed by atoms with Gasteiger partial charge in [0.25, 0.3) is 0 Å². The summed E-state index contributed by atoms with van der Waals surface area (Å²) in [5.41, 5.74) is 0.685. The van der Waals surface area contributed by atoms with Gasteiger partial charge in [0.1, 0.15) is 13.2 Å². The van der Waals surface area contributed by atoms with Gasteiger partial charge in [-0.2, -0.15) is 0 Å². The van der Waals surface area contributed by atoms with Crippen LogP contribution in [0.25, 0.3) is 0 Å². The van der Waals surface area contributed by atoms with Gasteiger partial charge < -0.3 is 29.3 Å². The predicted molar refractivity (Wildman–Crippen MR) is 110 cm³/mol. The van der Waals surface area contributed by atoms with E-state index in [9.17, 15) is 9.59 Å². The zero-order chi connectivity index (χ0) is 20.5. The van der Waals surface area contributed by atoms with Gasteiger partial charge in [-0.15, -0.1) is 0 Å². The van der Waals surface area contributed by atoms with E-state index in [2.05, 4.69) is 5.32 Å². The molecule has 1 aromatic carbocycles. The number of ether oxygens (including phenoxy) is 3. The molecule has 3 fully saturated rings. The summed E-state index contributed by atoms with van der Waals surface area (Å²) in [6.45, 7) is 3.73. The summed E-state index contributed by atoms with van der Waals surface area (Å²) >= 11 is 0. The number of anilines is 1. The van der Waals surface area contributed by atoms with E-state index in [0.717, 1.165) is 38.6 Å². The fraction of sp³-hybridized carbons (Fsp3) is 0.636. The number of carbonyl (C=O) groups excluding carboxylic acids is 2. The number of carbonyl (C=O) groups is 2. The molecule has 1 aromatic rings. The molecule has 1 aliphatic carbocycles. The van der Waals surface area contributed by atoms with Gasteiger partial charge in [0.15, 0.2) is 11.5 Å². The molecule has 1 N–H and O–H groups in total. The molecule has 3 heterocycles. The molecule has 0 aromatic heterocycles. The highest BCUT2D eigenvalue weighted by Crippen LogP contribution is 2.35. The van der Waals surface area contributed by atoms with Crippen molar-refractivity contribution in [2.24, 2.45) is 5.92 Å². The number of fused-ring (bicyclic) bond motifs is 1. The third-order valence-corrected chi connectivity index (χ3v) is 6.41. The summed E-state index contributed by atoms with van der Waals surface area (Å²) in [7, 11) is 0. The topological polar surface area (TPSA) is 80.3 Å². The summed E-state index contributed by atoms with van der Waals surface area (Å²) in [6.07, 6.45) is 4.48. The molecule has 0 bridgehead atoms. The monoisotopic (exact) mass is 415 g/mol. The van der Waals surface area contributed by atoms with Gasteiger partial charge in [-0.05, 0) is 44.2 Å². The third-order valence-electron chi connectivity index (χ3n) is 6.41. The Labute approximate surface area is 176 Å². The summed E-state index contributed by atoms with van der Waals surface area (Å²) < 4.78 is 16.7. The number of benzene rings is 1. The second kappa shape index (κ2) is 8.34. The van der Waals surface area contributed by atoms with Crippen LogP contribution in [0.4, 0.5) is 10.5 Å². The van der Waals surface area contributed by atoms with Gasteiger partial charge in [-0.3, -0.25) is 4.79 Å². The van der Waals surface area contributed by atoms with Crippen molar-refractivity contribution in [2.45, 2.75) is 44.2 Å². The first-order valence-corrected chi connectivity index (χ1v) is 11.0. The van der Waals surface area contributed by atoms with Crippen LogP contribution in [0.3, 0.4) is 0 Å². The molecule has 1 atom stereocenters. The molecular weight excluding hydrogens is 386 g/mol. The number of nitrogens with zero attached hydrogens (tertiary/aromatic N) is 2. The fourth-order valence-electron chi connectivity index (χ4n) is 4.66. The first-order chi connectivity index (χ1) is 14.7. The maximum Gasteiger partial charge on any atom is 0.322 e. The molecule has 1 unspecified atom stereocenters. The largest absolute Gasteiger partial charge is 0.486 e. The number of hydrogen-bond donors (Lipinski definition) is 1. The van der Waals surface area contributed by atoms with E-state index in [1.807, 2.05) is 28.0 Å². The average Bonchev–Trinajstić information content (AvgIpc) is 3.52. The number of likely N-dealkylation sites (tertiary alicyclic amines) is 1. The smallest absolute Gasteiger partial charge is 0.322 e. The number of amides is 3. The quantitative estimate of drug-likeness (QED) is 0.817. The second-order valence-corrected chi connectivity index (χ2v) is 8.54. The van der Waals surface area contributed by atoms with Gasteiger partial charge in [0.05, 0.1) is 6.04 Å². The van der Waals surface area contributed by atoms with Crippen molar-refractivity contribution in [3.63, 3.8) is 0 Å². The molecule has 8 nitrogen and oxygen atoms in total. The van der Waals surface area contributed by atoms with Crippen molar-refractivity contribution >= 4 is 17.6 Å². The number of nitrogens with one attached hydrogen (secondary N) is 1. The van der Waals surface area contributed by atoms with Crippen molar-refractivity contribution in [3.05, 3.63) is 18.2 Å². The number of hydrogen-bond acceptors (Lipinski definition) is 5. The van der Waals surface area contributed by atoms with Crippen LogP contribution in [0.1, 0.15) is 32.1 Å². The minimum Gasteiger partial charge on any atom is -0.486 e. The van der Waals surface area contributed by atoms with Gasteiger partial charge in [0, 0.05) is 50.0 Å². The Bertz CT molecular complexity index is 806. The summed E-state index contributed by atoms with van der Waals surface area (Å²) in [4.78, 5) is 29.8. The van der Waals surface area contributed by atoms with E-state index in [4.69, 9.17) is 14.2 Å². The highest BCUT2D eigenvalue weighted by atomic mass is 16.6. The Kier molecular flexibility index (Phi) is 5.41. The van der Waals surface area contributed by atoms with Gasteiger partial charge in [-0.25, -0.2) is 4.79 Å². The second-order valence-electron chi connectivity index (χ2n) is 8.54. The Hall–Kier alpha value is -2.48. The zero-order valence-corrected chi connectivity index (χ0v) is 17.2. The normalized spacial score (nSPS) is 23.9. The summed E-state index contributed by atoms with van der Waals surface area (Å²) in [5.74, 6) is 1.83. The predicted octanol–water partition coefficient (Wildman–Crippen LogP) is 2.48. The van der Waals surface area contributed by atoms with Crippen LogP contribution in [-0.4, -0.2) is 73.3 Å². The van der Waals surface area contributed by atoms with Crippen LogP contribution in [0.2, 0.25) is 0 Å². The molecule has 0 spiro atoms. The minimum atomic E-state index is -0.121. The first-order valence-electron chi connectivity index (χ1n) is 11.0. The number of urea groups is 1. The molecule has 2 saturated heterocycles. The number of rotatable bonds is 4. The van der Waals surface area contributed by atoms with Gasteiger partial charge >= 0.3 is 6.03 Å². The lowest BCUT2D eigenvalue weighted by atomic mass is 10.0. The molecule has 30 heavy (non-hydrogen) atoms. The van der Waals surface area contributed by atoms with Crippen LogP contribution >= 0.6 is 0 Å². The highest BCUT2D eigenvalue weighted by molar-refractivity contribution is 5.90. The van der Waals surface area contributed by atoms with Gasteiger partial charge in [-0.1, -0.05) is 0 Å². The van der Waals surface area contributed by atoms with Crippen LogP contribution < -0.4 is 14.8 Å². The van der Waals surface area contributed by atoms with E-state index < -0.39 is 0 Å². The van der Waals surface area contributed by atoms with Gasteiger partial charge in [0.2, 0.25) is 5.91 Å². The molecule has 3 aliphatic heterocycles. The molecule has 0 radical (unpaired) electrons. The van der Waals surface area contributed by atoms with Crippen LogP contribution in [0.5, 0.6) is 11.5 Å². The minimum absolute atomic E-state index is 0.0352. The van der Waals surface area contributed by atoms with Crippen molar-refractivity contribution in [1.82, 2.24) is 9.80 Å². The van der Waals surface area contributed by atoms with E-state index >= 15 is 0 Å². The Morgan fingerprint density at radius 1 is 0.933 bits per heavy atom. The zero-order valence-electron chi connectivity index (χ0n) is 17.2. The van der Waals surface area contributed by atoms with Crippen LogP contribution in [0.15, 0.2) is 18.2 Å². The highest BCUT2D eigenvalue weighted by Gasteiger charge is 2.41. The fourth-order valence-corrected chi connectivity index (χ4v) is 4.66. The third kappa shape index (κ3) is 4.05. The van der Waals surface area contributed by atoms with E-state index in [-0.39, 0.29) is 29.9 Å². The lowest BCUT2D eigenvalue weighted by molar-refractivity contribution is -0.131. The van der Waals surface area contributed by atoms with Crippen molar-refractivity contribution < 1.29 is 23.8 Å². The molecule has 3 amide bonds. The Balaban J connectivity index is 1.31. The first kappa shape index (κ1) is 19.5. The molecule has 8 heteroatoms. The maximum atomic E-state index is 13.4. The Morgan fingerprint density at radius 3 is 2.47 bits per heavy atom. The van der Waals surface area contributed by atoms with E-state index in [1.165, 1.54) is 0 Å². The lowest BCUT2D eigenvalue weighted by Crippen LogP contribution is -2.52. The standard InChI is InChI=1S/C22H29N3O5/c26-21(15-1-2-15)24-8-5-18(14-24)25(17-6-9-28-10-7-17)22(27)23-16-3-4-19-20(13-16)30-12-11-29-19/h3-4,13,15,17-18H,1-2,5-12,14H2,(H,23,27). The maximum absolute atomic E-state index is 13.4. The molecular formula is C22H29N3O5. The Morgan fingerprint density at radius 2 is 1.70 bits per heavy atom. The van der Waals surface area contributed by atoms with Crippen molar-refractivity contribution in [1.29, 1.82) is 0 Å². The van der Waals surface area contributed by atoms with Crippen molar-refractivity contribution in [2.75, 3.05) is 44.8 Å². The SMILES string of the molecule is O=C(C1CC1)N1CCC(N(C(=O)Nc2ccc3c(c2)OCCO3)C2CCOCC2)C1. The van der Waals surface area contributed by atoms with Crippen LogP contribution in [-0.2, 0) is 9.53 Å². The average molecular weight is 415 g/mol. The van der Waals surface area contributed by atoms with Crippen molar-refractivity contribution in [3.8, 4) is 11.5 Å². The molecule has 5 rings (SSSR count). The lowest BCUT2D eigenvalue weighted by Gasteiger charge is -2.38. The molecule has 162 valence electrons. The summed E-state index contributed by atoms with van der Waals surface area (Å²) in [6, 6.07) is 5.51. The summed E-state index contributed by atoms with van der Waals surface area (Å²) in [5, 5.41) is 3.05. The molecule has 4 aliphatic rings. The van der Waals surface area contributed by atoms with E-state index in [0.29, 0.717) is 50.2 Å². The molecule has 1 saturated carbocycles. The van der Waals surface area contributed by atoms with Crippen LogP contribution in [0, 0.1) is 5.92 Å².